The Balaban J connectivity index is 1.58. The highest BCUT2D eigenvalue weighted by molar-refractivity contribution is 7.89. The molecule has 0 heterocycles. The van der Waals surface area contributed by atoms with E-state index in [9.17, 15) is 13.2 Å². The summed E-state index contributed by atoms with van der Waals surface area (Å²) in [6, 6.07) is 9.82. The van der Waals surface area contributed by atoms with Gasteiger partial charge >= 0.3 is 0 Å². The molecule has 2 aromatic carbocycles. The quantitative estimate of drug-likeness (QED) is 0.579. The van der Waals surface area contributed by atoms with Gasteiger partial charge in [-0.05, 0) is 68.1 Å². The number of hydrogen-bond donors (Lipinski definition) is 2. The van der Waals surface area contributed by atoms with E-state index in [0.717, 1.165) is 18.4 Å². The molecule has 1 aliphatic carbocycles. The van der Waals surface area contributed by atoms with E-state index in [2.05, 4.69) is 10.0 Å². The molecule has 2 aromatic rings. The maximum atomic E-state index is 12.3. The molecule has 0 aliphatic heterocycles. The second-order valence-electron chi connectivity index (χ2n) is 7.52. The zero-order chi connectivity index (χ0) is 22.6. The molecule has 0 aromatic heterocycles. The van der Waals surface area contributed by atoms with Crippen molar-refractivity contribution in [2.75, 3.05) is 20.8 Å². The van der Waals surface area contributed by atoms with Crippen molar-refractivity contribution in [2.24, 2.45) is 0 Å². The first-order chi connectivity index (χ1) is 14.7. The van der Waals surface area contributed by atoms with E-state index >= 15 is 0 Å². The number of aryl methyl sites for hydroxylation is 1. The molecular formula is C22H28N2O6S. The molecule has 168 valence electrons. The predicted molar refractivity (Wildman–Crippen MR) is 116 cm³/mol. The van der Waals surface area contributed by atoms with Crippen LogP contribution in [0.3, 0.4) is 0 Å². The van der Waals surface area contributed by atoms with Gasteiger partial charge in [0.15, 0.2) is 18.1 Å². The van der Waals surface area contributed by atoms with Crippen LogP contribution in [0.15, 0.2) is 41.3 Å². The van der Waals surface area contributed by atoms with Gasteiger partial charge in [-0.3, -0.25) is 4.79 Å². The molecule has 0 radical (unpaired) electrons. The van der Waals surface area contributed by atoms with Crippen LogP contribution in [0.2, 0.25) is 0 Å². The molecule has 8 nitrogen and oxygen atoms in total. The Kier molecular flexibility index (Phi) is 7.07. The van der Waals surface area contributed by atoms with Gasteiger partial charge in [0, 0.05) is 6.04 Å². The zero-order valence-electron chi connectivity index (χ0n) is 18.1. The lowest BCUT2D eigenvalue weighted by Gasteiger charge is -2.17. The fraction of sp³-hybridized carbons (Fsp3) is 0.409. The fourth-order valence-corrected chi connectivity index (χ4v) is 4.46. The minimum absolute atomic E-state index is 0.0394. The van der Waals surface area contributed by atoms with E-state index < -0.39 is 10.0 Å². The molecule has 1 fully saturated rings. The molecule has 1 saturated carbocycles. The van der Waals surface area contributed by atoms with Crippen molar-refractivity contribution < 1.29 is 27.4 Å². The number of rotatable bonds is 10. The number of carbonyl (C=O) groups is 1. The van der Waals surface area contributed by atoms with E-state index in [1.165, 1.54) is 6.07 Å². The summed E-state index contributed by atoms with van der Waals surface area (Å²) in [5, 5.41) is 2.87. The lowest BCUT2D eigenvalue weighted by Crippen LogP contribution is -2.31. The van der Waals surface area contributed by atoms with Crippen molar-refractivity contribution in [3.63, 3.8) is 0 Å². The summed E-state index contributed by atoms with van der Waals surface area (Å²) in [6.45, 7) is 3.41. The molecule has 9 heteroatoms. The summed E-state index contributed by atoms with van der Waals surface area (Å²) in [7, 11) is -0.411. The van der Waals surface area contributed by atoms with Crippen molar-refractivity contribution in [3.8, 4) is 17.2 Å². The second kappa shape index (κ2) is 9.57. The summed E-state index contributed by atoms with van der Waals surface area (Å²) < 4.78 is 43.4. The number of sulfonamides is 1. The smallest absolute Gasteiger partial charge is 0.258 e. The van der Waals surface area contributed by atoms with Gasteiger partial charge < -0.3 is 19.5 Å². The summed E-state index contributed by atoms with van der Waals surface area (Å²) >= 11 is 0. The fourth-order valence-electron chi connectivity index (χ4n) is 3.07. The van der Waals surface area contributed by atoms with Crippen LogP contribution in [0.4, 0.5) is 0 Å². The van der Waals surface area contributed by atoms with Crippen LogP contribution in [0.1, 0.15) is 36.9 Å². The topological polar surface area (TPSA) is 103 Å². The monoisotopic (exact) mass is 448 g/mol. The van der Waals surface area contributed by atoms with E-state index in [1.807, 2.05) is 19.1 Å². The minimum atomic E-state index is -3.53. The van der Waals surface area contributed by atoms with Crippen molar-refractivity contribution in [1.82, 2.24) is 10.0 Å². The molecule has 1 amide bonds. The third-order valence-electron chi connectivity index (χ3n) is 5.00. The first kappa shape index (κ1) is 22.9. The van der Waals surface area contributed by atoms with Crippen LogP contribution in [0.25, 0.3) is 0 Å². The molecule has 0 bridgehead atoms. The second-order valence-corrected chi connectivity index (χ2v) is 9.23. The number of nitrogens with one attached hydrogen (secondary N) is 2. The average molecular weight is 449 g/mol. The van der Waals surface area contributed by atoms with Crippen molar-refractivity contribution in [2.45, 2.75) is 43.7 Å². The lowest BCUT2D eigenvalue weighted by atomic mass is 10.1. The third-order valence-corrected chi connectivity index (χ3v) is 6.52. The van der Waals surface area contributed by atoms with Gasteiger partial charge in [-0.15, -0.1) is 0 Å². The molecule has 0 saturated heterocycles. The molecule has 2 N–H and O–H groups in total. The number of benzene rings is 2. The van der Waals surface area contributed by atoms with Crippen LogP contribution in [0, 0.1) is 6.92 Å². The molecule has 0 spiro atoms. The van der Waals surface area contributed by atoms with Crippen LogP contribution >= 0.6 is 0 Å². The third kappa shape index (κ3) is 5.89. The van der Waals surface area contributed by atoms with Crippen molar-refractivity contribution in [3.05, 3.63) is 47.5 Å². The Morgan fingerprint density at radius 2 is 1.74 bits per heavy atom. The largest absolute Gasteiger partial charge is 0.493 e. The van der Waals surface area contributed by atoms with Gasteiger partial charge in [0.05, 0.1) is 25.2 Å². The van der Waals surface area contributed by atoms with E-state index in [-0.39, 0.29) is 29.5 Å². The SMILES string of the molecule is COc1ccc(C(C)NC(=O)COc2ccc(S(=O)(=O)NC3CC3)cc2C)cc1OC. The van der Waals surface area contributed by atoms with E-state index in [1.54, 1.807) is 39.3 Å². The van der Waals surface area contributed by atoms with E-state index in [4.69, 9.17) is 14.2 Å². The first-order valence-corrected chi connectivity index (χ1v) is 11.5. The van der Waals surface area contributed by atoms with Crippen LogP contribution < -0.4 is 24.2 Å². The molecular weight excluding hydrogens is 420 g/mol. The average Bonchev–Trinajstić information content (AvgIpc) is 3.55. The van der Waals surface area contributed by atoms with Gasteiger partial charge in [0.2, 0.25) is 10.0 Å². The standard InChI is InChI=1S/C22H28N2O6S/c1-14-11-18(31(26,27)24-17-6-7-17)8-10-19(14)30-13-22(25)23-15(2)16-5-9-20(28-3)21(12-16)29-4/h5,8-12,15,17,24H,6-7,13H2,1-4H3,(H,23,25). The van der Waals surface area contributed by atoms with Gasteiger partial charge in [-0.1, -0.05) is 6.07 Å². The molecule has 1 unspecified atom stereocenters. The van der Waals surface area contributed by atoms with Gasteiger partial charge in [-0.25, -0.2) is 13.1 Å². The van der Waals surface area contributed by atoms with Gasteiger partial charge in [-0.2, -0.15) is 0 Å². The van der Waals surface area contributed by atoms with Crippen LogP contribution in [-0.2, 0) is 14.8 Å². The number of amides is 1. The summed E-state index contributed by atoms with van der Waals surface area (Å²) in [4.78, 5) is 12.5. The summed E-state index contributed by atoms with van der Waals surface area (Å²) in [5.74, 6) is 1.36. The first-order valence-electron chi connectivity index (χ1n) is 10.0. The Labute approximate surface area is 182 Å². The number of carbonyl (C=O) groups excluding carboxylic acids is 1. The van der Waals surface area contributed by atoms with Crippen LogP contribution in [0.5, 0.6) is 17.2 Å². The predicted octanol–water partition coefficient (Wildman–Crippen LogP) is 2.71. The Bertz CT molecular complexity index is 1050. The van der Waals surface area contributed by atoms with Gasteiger partial charge in [0.25, 0.3) is 5.91 Å². The van der Waals surface area contributed by atoms with Crippen LogP contribution in [-0.4, -0.2) is 41.2 Å². The molecule has 1 aliphatic rings. The Morgan fingerprint density at radius 3 is 2.35 bits per heavy atom. The van der Waals surface area contributed by atoms with Gasteiger partial charge in [0.1, 0.15) is 5.75 Å². The maximum absolute atomic E-state index is 12.3. The highest BCUT2D eigenvalue weighted by atomic mass is 32.2. The highest BCUT2D eigenvalue weighted by Gasteiger charge is 2.28. The molecule has 3 rings (SSSR count). The normalized spacial score (nSPS) is 14.6. The molecule has 31 heavy (non-hydrogen) atoms. The van der Waals surface area contributed by atoms with E-state index in [0.29, 0.717) is 22.8 Å². The zero-order valence-corrected chi connectivity index (χ0v) is 18.9. The highest BCUT2D eigenvalue weighted by Crippen LogP contribution is 2.30. The summed E-state index contributed by atoms with van der Waals surface area (Å²) in [6.07, 6.45) is 1.74. The number of methoxy groups -OCH3 is 2. The maximum Gasteiger partial charge on any atom is 0.258 e. The van der Waals surface area contributed by atoms with Crippen molar-refractivity contribution in [1.29, 1.82) is 0 Å². The van der Waals surface area contributed by atoms with Crippen molar-refractivity contribution >= 4 is 15.9 Å². The number of ether oxygens (including phenoxy) is 3. The lowest BCUT2D eigenvalue weighted by molar-refractivity contribution is -0.123. The molecule has 1 atom stereocenters. The summed E-state index contributed by atoms with van der Waals surface area (Å²) in [5.41, 5.74) is 1.50. The number of hydrogen-bond acceptors (Lipinski definition) is 6. The Hall–Kier alpha value is -2.78. The minimum Gasteiger partial charge on any atom is -0.493 e. The Morgan fingerprint density at radius 1 is 1.06 bits per heavy atom.